The molecule has 0 saturated heterocycles. The van der Waals surface area contributed by atoms with E-state index in [1.807, 2.05) is 48.6 Å². The molecule has 0 fully saturated rings. The molecule has 0 rings (SSSR count). The Bertz CT molecular complexity index is 1300. The molecule has 0 saturated carbocycles. The van der Waals surface area contributed by atoms with E-state index in [9.17, 15) is 29.3 Å². The van der Waals surface area contributed by atoms with E-state index in [1.165, 1.54) is 38.5 Å². The molecule has 11 nitrogen and oxygen atoms in total. The van der Waals surface area contributed by atoms with Gasteiger partial charge in [0.15, 0.2) is 6.10 Å². The highest BCUT2D eigenvalue weighted by Gasteiger charge is 2.27. The predicted octanol–water partition coefficient (Wildman–Crippen LogP) is 10.2. The zero-order valence-electron chi connectivity index (χ0n) is 35.3. The van der Waals surface area contributed by atoms with Crippen molar-refractivity contribution >= 4 is 19.8 Å². The van der Waals surface area contributed by atoms with E-state index >= 15 is 0 Å². The van der Waals surface area contributed by atoms with Gasteiger partial charge in [-0.25, -0.2) is 4.57 Å². The first kappa shape index (κ1) is 54.9. The molecular weight excluding hydrogens is 759 g/mol. The van der Waals surface area contributed by atoms with Crippen molar-refractivity contribution in [1.29, 1.82) is 0 Å². The molecule has 0 aromatic rings. The summed E-state index contributed by atoms with van der Waals surface area (Å²) in [5.74, 6) is -1.11. The molecule has 0 aromatic carbocycles. The van der Waals surface area contributed by atoms with Crippen molar-refractivity contribution in [3.05, 3.63) is 97.2 Å². The number of aliphatic hydroxyl groups excluding tert-OH is 3. The average Bonchev–Trinajstić information content (AvgIpc) is 3.21. The third-order valence-corrected chi connectivity index (χ3v) is 9.24. The number of carbonyl (C=O) groups is 2. The average molecular weight is 835 g/mol. The Kier molecular flexibility index (Phi) is 38.4. The van der Waals surface area contributed by atoms with Crippen molar-refractivity contribution in [3.8, 4) is 0 Å². The maximum absolute atomic E-state index is 12.6. The highest BCUT2D eigenvalue weighted by atomic mass is 31.2. The molecular formula is C46H75O11P. The number of aliphatic hydroxyl groups is 3. The van der Waals surface area contributed by atoms with Crippen LogP contribution in [0.15, 0.2) is 97.2 Å². The van der Waals surface area contributed by atoms with E-state index in [-0.39, 0.29) is 19.4 Å². The number of hydrogen-bond donors (Lipinski definition) is 4. The molecule has 0 aliphatic rings. The molecule has 0 spiro atoms. The summed E-state index contributed by atoms with van der Waals surface area (Å²) in [6, 6.07) is 0. The van der Waals surface area contributed by atoms with E-state index < -0.39 is 57.9 Å². The molecule has 0 aliphatic heterocycles. The van der Waals surface area contributed by atoms with Gasteiger partial charge in [0.2, 0.25) is 0 Å². The fourth-order valence-corrected chi connectivity index (χ4v) is 5.73. The first-order valence-corrected chi connectivity index (χ1v) is 22.8. The summed E-state index contributed by atoms with van der Waals surface area (Å²) >= 11 is 0. The van der Waals surface area contributed by atoms with Crippen molar-refractivity contribution < 1.29 is 52.9 Å². The molecule has 0 radical (unpaired) electrons. The summed E-state index contributed by atoms with van der Waals surface area (Å²) in [6.45, 7) is 2.08. The van der Waals surface area contributed by atoms with Crippen LogP contribution in [0.1, 0.15) is 136 Å². The number of unbranched alkanes of at least 4 members (excludes halogenated alkanes) is 8. The van der Waals surface area contributed by atoms with Gasteiger partial charge in [0.1, 0.15) is 12.7 Å². The summed E-state index contributed by atoms with van der Waals surface area (Å²) in [7, 11) is -4.66. The zero-order valence-corrected chi connectivity index (χ0v) is 36.2. The van der Waals surface area contributed by atoms with Crippen molar-refractivity contribution in [3.63, 3.8) is 0 Å². The molecule has 58 heavy (non-hydrogen) atoms. The van der Waals surface area contributed by atoms with Gasteiger partial charge in [-0.2, -0.15) is 0 Å². The molecule has 0 heterocycles. The van der Waals surface area contributed by atoms with Crippen LogP contribution >= 0.6 is 7.82 Å². The molecule has 4 atom stereocenters. The van der Waals surface area contributed by atoms with Gasteiger partial charge in [-0.1, -0.05) is 137 Å². The van der Waals surface area contributed by atoms with Crippen LogP contribution in [-0.2, 0) is 32.7 Å². The van der Waals surface area contributed by atoms with E-state index in [0.717, 1.165) is 32.1 Å². The van der Waals surface area contributed by atoms with Gasteiger partial charge in [-0.05, 0) is 83.5 Å². The molecule has 0 amide bonds. The molecule has 0 aromatic heterocycles. The minimum atomic E-state index is -4.66. The Balaban J connectivity index is 4.59. The summed E-state index contributed by atoms with van der Waals surface area (Å²) in [5, 5.41) is 28.3. The summed E-state index contributed by atoms with van der Waals surface area (Å²) in [6.07, 6.45) is 45.5. The highest BCUT2D eigenvalue weighted by Crippen LogP contribution is 2.43. The second-order valence-electron chi connectivity index (χ2n) is 13.9. The number of rotatable bonds is 38. The Morgan fingerprint density at radius 3 is 1.62 bits per heavy atom. The van der Waals surface area contributed by atoms with Gasteiger partial charge in [-0.15, -0.1) is 0 Å². The minimum absolute atomic E-state index is 0.0784. The maximum Gasteiger partial charge on any atom is 0.472 e. The molecule has 0 bridgehead atoms. The van der Waals surface area contributed by atoms with Crippen LogP contribution in [0.2, 0.25) is 0 Å². The van der Waals surface area contributed by atoms with E-state index in [1.54, 1.807) is 6.08 Å². The highest BCUT2D eigenvalue weighted by molar-refractivity contribution is 7.47. The number of esters is 2. The van der Waals surface area contributed by atoms with Crippen LogP contribution in [0.5, 0.6) is 0 Å². The largest absolute Gasteiger partial charge is 0.472 e. The number of allylic oxidation sites excluding steroid dienone is 14. The lowest BCUT2D eigenvalue weighted by atomic mass is 10.1. The third-order valence-electron chi connectivity index (χ3n) is 8.29. The molecule has 1 unspecified atom stereocenters. The predicted molar refractivity (Wildman–Crippen MR) is 234 cm³/mol. The normalized spacial score (nSPS) is 15.3. The first-order valence-electron chi connectivity index (χ1n) is 21.3. The first-order chi connectivity index (χ1) is 28.1. The van der Waals surface area contributed by atoms with E-state index in [0.29, 0.717) is 38.5 Å². The van der Waals surface area contributed by atoms with Crippen LogP contribution in [0.3, 0.4) is 0 Å². The summed E-state index contributed by atoms with van der Waals surface area (Å²) < 4.78 is 32.5. The SMILES string of the molecule is CCCCC/C=C\C/C=C\C/C=C\C/C=C\CCCC(=O)O[C@H](COC(=O)CCC/C=C\C/C=C\C=C\[C@H](O)C/C=C\CCCCC)COP(=O)(O)OC[C@@H](O)CO. The van der Waals surface area contributed by atoms with Crippen molar-refractivity contribution in [2.24, 2.45) is 0 Å². The van der Waals surface area contributed by atoms with Crippen LogP contribution in [-0.4, -0.2) is 76.9 Å². The zero-order chi connectivity index (χ0) is 42.8. The fourth-order valence-electron chi connectivity index (χ4n) is 4.94. The smallest absolute Gasteiger partial charge is 0.462 e. The number of ether oxygens (including phenoxy) is 2. The fraction of sp³-hybridized carbons (Fsp3) is 0.609. The second kappa shape index (κ2) is 40.6. The van der Waals surface area contributed by atoms with Gasteiger partial charge in [0.05, 0.1) is 25.9 Å². The summed E-state index contributed by atoms with van der Waals surface area (Å²) in [4.78, 5) is 34.9. The lowest BCUT2D eigenvalue weighted by Crippen LogP contribution is -2.29. The number of phosphoric ester groups is 1. The Hall–Kier alpha value is -3.15. The van der Waals surface area contributed by atoms with Gasteiger partial charge < -0.3 is 29.7 Å². The number of hydrogen-bond acceptors (Lipinski definition) is 10. The van der Waals surface area contributed by atoms with E-state index in [4.69, 9.17) is 19.1 Å². The van der Waals surface area contributed by atoms with Crippen LogP contribution < -0.4 is 0 Å². The van der Waals surface area contributed by atoms with Gasteiger partial charge in [0, 0.05) is 12.8 Å². The molecule has 330 valence electrons. The van der Waals surface area contributed by atoms with Crippen LogP contribution in [0, 0.1) is 0 Å². The van der Waals surface area contributed by atoms with Crippen molar-refractivity contribution in [2.75, 3.05) is 26.4 Å². The Morgan fingerprint density at radius 2 is 1.07 bits per heavy atom. The van der Waals surface area contributed by atoms with Crippen LogP contribution in [0.4, 0.5) is 0 Å². The van der Waals surface area contributed by atoms with Gasteiger partial charge >= 0.3 is 19.8 Å². The summed E-state index contributed by atoms with van der Waals surface area (Å²) in [5.41, 5.74) is 0. The maximum atomic E-state index is 12.6. The quantitative estimate of drug-likeness (QED) is 0.0154. The Morgan fingerprint density at radius 1 is 0.586 bits per heavy atom. The molecule has 0 aliphatic carbocycles. The third kappa shape index (κ3) is 39.7. The molecule has 4 N–H and O–H groups in total. The lowest BCUT2D eigenvalue weighted by molar-refractivity contribution is -0.161. The van der Waals surface area contributed by atoms with Crippen molar-refractivity contribution in [2.45, 2.75) is 154 Å². The standard InChI is InChI=1S/C46H75O11P/c1-3-5-7-9-11-12-13-14-15-16-17-18-19-20-25-29-33-37-46(51)57-44(41-56-58(52,53)55-39-43(49)38-47)40-54-45(50)36-32-28-24-22-21-23-27-31-35-42(48)34-30-26-10-8-6-4-2/h11-12,14-15,17-18,20,22-27,30-31,35,42-44,47-49H,3-10,13,16,19,21,28-29,32-34,36-41H2,1-2H3,(H,52,53)/b12-11-,15-14-,18-17-,24-22-,25-20-,27-23-,30-26-,35-31+/t42-,43+,44-/m1/s1. The monoisotopic (exact) mass is 835 g/mol. The van der Waals surface area contributed by atoms with Gasteiger partial charge in [-0.3, -0.25) is 18.6 Å². The second-order valence-corrected chi connectivity index (χ2v) is 15.3. The topological polar surface area (TPSA) is 169 Å². The van der Waals surface area contributed by atoms with E-state index in [2.05, 4.69) is 60.9 Å². The van der Waals surface area contributed by atoms with Crippen molar-refractivity contribution in [1.82, 2.24) is 0 Å². The minimum Gasteiger partial charge on any atom is -0.462 e. The van der Waals surface area contributed by atoms with Crippen LogP contribution in [0.25, 0.3) is 0 Å². The lowest BCUT2D eigenvalue weighted by Gasteiger charge is -2.20. The number of phosphoric acid groups is 1. The Labute approximate surface area is 349 Å². The molecule has 12 heteroatoms. The van der Waals surface area contributed by atoms with Gasteiger partial charge in [0.25, 0.3) is 0 Å². The number of carbonyl (C=O) groups excluding carboxylic acids is 2.